The Labute approximate surface area is 195 Å². The maximum Gasteiger partial charge on any atom is 0.435 e. The van der Waals surface area contributed by atoms with Crippen LogP contribution in [0.1, 0.15) is 21.5 Å². The standard InChI is InChI=1S/C18H10Cl3F7N2O3/c19-10-3-7(1-2-8(10)6-29-15(32)33)14(31)30-13-11(20)4-9(5-12(13)21)16(22,17(23,24)25)18(26,27)28/h1-5,29H,6H2,(H,30,31)(H,32,33). The van der Waals surface area contributed by atoms with Crippen molar-refractivity contribution < 1.29 is 45.4 Å². The molecule has 0 fully saturated rings. The van der Waals surface area contributed by atoms with Crippen LogP contribution in [0.5, 0.6) is 0 Å². The van der Waals surface area contributed by atoms with E-state index in [1.54, 1.807) is 0 Å². The van der Waals surface area contributed by atoms with Crippen LogP contribution >= 0.6 is 34.8 Å². The number of hydrogen-bond donors (Lipinski definition) is 3. The van der Waals surface area contributed by atoms with Crippen molar-refractivity contribution in [3.63, 3.8) is 0 Å². The molecule has 33 heavy (non-hydrogen) atoms. The van der Waals surface area contributed by atoms with Crippen LogP contribution in [0, 0.1) is 0 Å². The number of amides is 2. The molecule has 0 spiro atoms. The monoisotopic (exact) mass is 540 g/mol. The third kappa shape index (κ3) is 5.56. The van der Waals surface area contributed by atoms with Crippen LogP contribution in [0.15, 0.2) is 30.3 Å². The molecule has 2 aromatic rings. The summed E-state index contributed by atoms with van der Waals surface area (Å²) in [6.45, 7) is -0.182. The summed E-state index contributed by atoms with van der Waals surface area (Å²) in [5, 5.41) is 10.9. The molecule has 15 heteroatoms. The van der Waals surface area contributed by atoms with Crippen LogP contribution < -0.4 is 10.6 Å². The predicted octanol–water partition coefficient (Wildman–Crippen LogP) is 6.96. The summed E-state index contributed by atoms with van der Waals surface area (Å²) in [6, 6.07) is 3.72. The van der Waals surface area contributed by atoms with E-state index >= 15 is 0 Å². The van der Waals surface area contributed by atoms with Gasteiger partial charge in [-0.05, 0) is 29.8 Å². The van der Waals surface area contributed by atoms with Gasteiger partial charge in [-0.25, -0.2) is 9.18 Å². The summed E-state index contributed by atoms with van der Waals surface area (Å²) in [4.78, 5) is 22.9. The summed E-state index contributed by atoms with van der Waals surface area (Å²) < 4.78 is 91.9. The number of carbonyl (C=O) groups is 2. The molecule has 180 valence electrons. The maximum absolute atomic E-state index is 14.2. The van der Waals surface area contributed by atoms with Crippen molar-refractivity contribution in [3.05, 3.63) is 62.1 Å². The molecule has 3 N–H and O–H groups in total. The molecule has 0 aliphatic carbocycles. The molecule has 0 atom stereocenters. The number of hydrogen-bond acceptors (Lipinski definition) is 2. The molecule has 2 rings (SSSR count). The highest BCUT2D eigenvalue weighted by Crippen LogP contribution is 2.54. The average Bonchev–Trinajstić information content (AvgIpc) is 2.66. The van der Waals surface area contributed by atoms with Crippen molar-refractivity contribution in [1.29, 1.82) is 0 Å². The smallest absolute Gasteiger partial charge is 0.435 e. The molecule has 5 nitrogen and oxygen atoms in total. The van der Waals surface area contributed by atoms with Gasteiger partial charge in [-0.3, -0.25) is 4.79 Å². The van der Waals surface area contributed by atoms with E-state index in [0.717, 1.165) is 6.07 Å². The zero-order chi connectivity index (χ0) is 25.4. The lowest BCUT2D eigenvalue weighted by Gasteiger charge is -2.30. The number of carboxylic acid groups (broad SMARTS) is 1. The summed E-state index contributed by atoms with van der Waals surface area (Å²) in [5.74, 6) is -0.968. The van der Waals surface area contributed by atoms with Crippen LogP contribution in [0.3, 0.4) is 0 Å². The Hall–Kier alpha value is -2.44. The van der Waals surface area contributed by atoms with Gasteiger partial charge in [-0.1, -0.05) is 40.9 Å². The van der Waals surface area contributed by atoms with Gasteiger partial charge < -0.3 is 15.7 Å². The Kier molecular flexibility index (Phi) is 7.66. The molecule has 0 unspecified atom stereocenters. The van der Waals surface area contributed by atoms with Gasteiger partial charge in [0, 0.05) is 22.7 Å². The van der Waals surface area contributed by atoms with Crippen LogP contribution in [0.2, 0.25) is 15.1 Å². The van der Waals surface area contributed by atoms with E-state index in [2.05, 4.69) is 10.6 Å². The summed E-state index contributed by atoms with van der Waals surface area (Å²) in [6.07, 6.45) is -14.1. The Bertz CT molecular complexity index is 1050. The molecular formula is C18H10Cl3F7N2O3. The third-order valence-corrected chi connectivity index (χ3v) is 5.15. The second kappa shape index (κ2) is 9.43. The SMILES string of the molecule is O=C(O)NCc1ccc(C(=O)Nc2c(Cl)cc(C(F)(C(F)(F)F)C(F)(F)F)cc2Cl)cc1Cl. The maximum atomic E-state index is 14.2. The fourth-order valence-corrected chi connectivity index (χ4v) is 3.40. The second-order valence-corrected chi connectivity index (χ2v) is 7.61. The first-order valence-corrected chi connectivity index (χ1v) is 9.51. The molecule has 0 aromatic heterocycles. The van der Waals surface area contributed by atoms with Crippen molar-refractivity contribution in [1.82, 2.24) is 5.32 Å². The highest BCUT2D eigenvalue weighted by Gasteiger charge is 2.73. The zero-order valence-corrected chi connectivity index (χ0v) is 17.9. The van der Waals surface area contributed by atoms with Crippen molar-refractivity contribution in [2.75, 3.05) is 5.32 Å². The Morgan fingerprint density at radius 1 is 0.848 bits per heavy atom. The number of halogens is 10. The van der Waals surface area contributed by atoms with Gasteiger partial charge in [0.15, 0.2) is 0 Å². The highest BCUT2D eigenvalue weighted by atomic mass is 35.5. The van der Waals surface area contributed by atoms with Crippen molar-refractivity contribution in [2.45, 2.75) is 24.6 Å². The lowest BCUT2D eigenvalue weighted by atomic mass is 9.94. The second-order valence-electron chi connectivity index (χ2n) is 6.39. The largest absolute Gasteiger partial charge is 0.465 e. The normalized spacial score (nSPS) is 12.4. The Morgan fingerprint density at radius 3 is 1.79 bits per heavy atom. The summed E-state index contributed by atoms with van der Waals surface area (Å²) >= 11 is 17.4. The molecule has 0 saturated heterocycles. The minimum absolute atomic E-state index is 0.0264. The first-order chi connectivity index (χ1) is 15.0. The number of rotatable bonds is 5. The van der Waals surface area contributed by atoms with E-state index in [-0.39, 0.29) is 29.3 Å². The van der Waals surface area contributed by atoms with Gasteiger partial charge in [0.2, 0.25) is 0 Å². The van der Waals surface area contributed by atoms with Crippen LogP contribution in [0.25, 0.3) is 0 Å². The number of alkyl halides is 7. The Balaban J connectivity index is 2.37. The molecule has 0 bridgehead atoms. The van der Waals surface area contributed by atoms with E-state index in [9.17, 15) is 40.3 Å². The Morgan fingerprint density at radius 2 is 1.36 bits per heavy atom. The third-order valence-electron chi connectivity index (χ3n) is 4.20. The molecule has 2 aromatic carbocycles. The molecule has 0 aliphatic heterocycles. The first-order valence-electron chi connectivity index (χ1n) is 8.37. The van der Waals surface area contributed by atoms with E-state index < -0.39 is 51.3 Å². The molecular weight excluding hydrogens is 532 g/mol. The van der Waals surface area contributed by atoms with Crippen LogP contribution in [-0.4, -0.2) is 29.5 Å². The minimum atomic E-state index is -6.38. The van der Waals surface area contributed by atoms with Crippen LogP contribution in [-0.2, 0) is 12.2 Å². The number of nitrogens with one attached hydrogen (secondary N) is 2. The summed E-state index contributed by atoms with van der Waals surface area (Å²) in [7, 11) is 0. The van der Waals surface area contributed by atoms with E-state index in [4.69, 9.17) is 39.9 Å². The van der Waals surface area contributed by atoms with Crippen LogP contribution in [0.4, 0.5) is 41.2 Å². The van der Waals surface area contributed by atoms with Gasteiger partial charge in [0.25, 0.3) is 5.91 Å². The highest BCUT2D eigenvalue weighted by molar-refractivity contribution is 6.40. The molecule has 2 amide bonds. The van der Waals surface area contributed by atoms with Gasteiger partial charge >= 0.3 is 24.1 Å². The molecule has 0 heterocycles. The number of carbonyl (C=O) groups excluding carboxylic acids is 1. The summed E-state index contributed by atoms with van der Waals surface area (Å²) in [5.41, 5.74) is -8.10. The van der Waals surface area contributed by atoms with E-state index in [1.807, 2.05) is 0 Å². The van der Waals surface area contributed by atoms with Gasteiger partial charge in [0.1, 0.15) is 0 Å². The average molecular weight is 542 g/mol. The van der Waals surface area contributed by atoms with Crippen molar-refractivity contribution in [2.24, 2.45) is 0 Å². The topological polar surface area (TPSA) is 78.4 Å². The number of anilines is 1. The fourth-order valence-electron chi connectivity index (χ4n) is 2.57. The molecule has 0 radical (unpaired) electrons. The zero-order valence-electron chi connectivity index (χ0n) is 15.6. The minimum Gasteiger partial charge on any atom is -0.465 e. The molecule has 0 saturated carbocycles. The van der Waals surface area contributed by atoms with Gasteiger partial charge in [0.05, 0.1) is 15.7 Å². The molecule has 0 aliphatic rings. The van der Waals surface area contributed by atoms with Crippen molar-refractivity contribution >= 4 is 52.5 Å². The van der Waals surface area contributed by atoms with E-state index in [0.29, 0.717) is 5.56 Å². The van der Waals surface area contributed by atoms with Crippen molar-refractivity contribution in [3.8, 4) is 0 Å². The predicted molar refractivity (Wildman–Crippen MR) is 106 cm³/mol. The number of benzene rings is 2. The van der Waals surface area contributed by atoms with E-state index in [1.165, 1.54) is 12.1 Å². The quantitative estimate of drug-likeness (QED) is 0.358. The fraction of sp³-hybridized carbons (Fsp3) is 0.222. The van der Waals surface area contributed by atoms with Gasteiger partial charge in [-0.2, -0.15) is 26.3 Å². The van der Waals surface area contributed by atoms with Gasteiger partial charge in [-0.15, -0.1) is 0 Å². The lowest BCUT2D eigenvalue weighted by molar-refractivity contribution is -0.348. The first kappa shape index (κ1) is 26.8. The lowest BCUT2D eigenvalue weighted by Crippen LogP contribution is -2.50.